The molecule has 10 heteroatoms. The van der Waals surface area contributed by atoms with E-state index >= 15 is 0 Å². The van der Waals surface area contributed by atoms with Crippen molar-refractivity contribution < 1.29 is 23.1 Å². The van der Waals surface area contributed by atoms with Gasteiger partial charge in [-0.2, -0.15) is 4.31 Å². The van der Waals surface area contributed by atoms with Gasteiger partial charge in [0.2, 0.25) is 15.9 Å². The highest BCUT2D eigenvalue weighted by Crippen LogP contribution is 2.31. The number of piperidine rings is 1. The zero-order chi connectivity index (χ0) is 24.9. The van der Waals surface area contributed by atoms with Crippen molar-refractivity contribution in [1.29, 1.82) is 0 Å². The van der Waals surface area contributed by atoms with Gasteiger partial charge in [-0.05, 0) is 43.0 Å². The minimum Gasteiger partial charge on any atom is -0.389 e. The van der Waals surface area contributed by atoms with Crippen LogP contribution < -0.4 is 0 Å². The number of sulfonamides is 1. The van der Waals surface area contributed by atoms with E-state index in [1.165, 1.54) is 13.1 Å². The maximum Gasteiger partial charge on any atom is 0.248 e. The molecule has 186 valence electrons. The van der Waals surface area contributed by atoms with Crippen LogP contribution in [0, 0.1) is 6.92 Å². The first-order valence-electron chi connectivity index (χ1n) is 11.1. The van der Waals surface area contributed by atoms with Gasteiger partial charge in [-0.25, -0.2) is 8.42 Å². The van der Waals surface area contributed by atoms with Crippen LogP contribution in [0.15, 0.2) is 47.4 Å². The number of aliphatic hydroxyl groups is 1. The lowest BCUT2D eigenvalue weighted by molar-refractivity contribution is -0.140. The summed E-state index contributed by atoms with van der Waals surface area (Å²) < 4.78 is 32.4. The number of hydrogen-bond acceptors (Lipinski definition) is 5. The molecule has 2 aromatic rings. The van der Waals surface area contributed by atoms with Crippen molar-refractivity contribution in [2.75, 3.05) is 39.9 Å². The molecule has 1 aliphatic heterocycles. The van der Waals surface area contributed by atoms with Gasteiger partial charge in [-0.3, -0.25) is 4.79 Å². The van der Waals surface area contributed by atoms with Crippen LogP contribution in [0.4, 0.5) is 0 Å². The van der Waals surface area contributed by atoms with E-state index in [0.29, 0.717) is 42.9 Å². The Balaban J connectivity index is 1.44. The van der Waals surface area contributed by atoms with Crippen molar-refractivity contribution in [3.05, 3.63) is 63.6 Å². The van der Waals surface area contributed by atoms with Crippen molar-refractivity contribution in [2.45, 2.75) is 36.7 Å². The Labute approximate surface area is 211 Å². The molecule has 0 radical (unpaired) electrons. The van der Waals surface area contributed by atoms with E-state index in [1.807, 2.05) is 30.3 Å². The molecule has 1 amide bonds. The second-order valence-electron chi connectivity index (χ2n) is 8.68. The van der Waals surface area contributed by atoms with Crippen molar-refractivity contribution in [3.8, 4) is 0 Å². The summed E-state index contributed by atoms with van der Waals surface area (Å²) in [6.07, 6.45) is 1.55. The third-order valence-electron chi connectivity index (χ3n) is 6.06. The number of amides is 1. The second kappa shape index (κ2) is 11.4. The lowest BCUT2D eigenvalue weighted by Crippen LogP contribution is -2.48. The van der Waals surface area contributed by atoms with E-state index in [9.17, 15) is 18.3 Å². The van der Waals surface area contributed by atoms with Crippen LogP contribution in [-0.2, 0) is 26.0 Å². The molecule has 1 aliphatic rings. The minimum atomic E-state index is -3.84. The number of aryl methyl sites for hydroxylation is 1. The van der Waals surface area contributed by atoms with Crippen LogP contribution in [0.3, 0.4) is 0 Å². The summed E-state index contributed by atoms with van der Waals surface area (Å²) in [7, 11) is -2.40. The highest BCUT2D eigenvalue weighted by atomic mass is 35.5. The molecule has 0 bridgehead atoms. The Kier molecular flexibility index (Phi) is 9.00. The number of nitrogens with zero attached hydrogens (tertiary/aromatic N) is 2. The molecule has 1 fully saturated rings. The Morgan fingerprint density at radius 1 is 1.18 bits per heavy atom. The molecule has 2 aromatic carbocycles. The molecular formula is C24H30Cl2N2O5S. The van der Waals surface area contributed by atoms with Crippen LogP contribution in [0.5, 0.6) is 0 Å². The predicted octanol–water partition coefficient (Wildman–Crippen LogP) is 3.54. The van der Waals surface area contributed by atoms with E-state index in [4.69, 9.17) is 27.9 Å². The maximum atomic E-state index is 12.9. The van der Waals surface area contributed by atoms with Crippen LogP contribution >= 0.6 is 23.2 Å². The smallest absolute Gasteiger partial charge is 0.248 e. The minimum absolute atomic E-state index is 0.00782. The van der Waals surface area contributed by atoms with Gasteiger partial charge in [0, 0.05) is 38.1 Å². The summed E-state index contributed by atoms with van der Waals surface area (Å²) in [6.45, 7) is 2.50. The van der Waals surface area contributed by atoms with Gasteiger partial charge in [0.1, 0.15) is 11.5 Å². The largest absolute Gasteiger partial charge is 0.389 e. The summed E-state index contributed by atoms with van der Waals surface area (Å²) >= 11 is 12.1. The number of rotatable bonds is 9. The van der Waals surface area contributed by atoms with Crippen LogP contribution in [-0.4, -0.2) is 74.1 Å². The Morgan fingerprint density at radius 3 is 2.44 bits per heavy atom. The lowest BCUT2D eigenvalue weighted by atomic mass is 9.85. The molecule has 1 N–H and O–H groups in total. The molecule has 0 saturated carbocycles. The molecule has 0 spiro atoms. The normalized spacial score (nSPS) is 16.1. The third kappa shape index (κ3) is 6.71. The van der Waals surface area contributed by atoms with Gasteiger partial charge in [0.05, 0.1) is 17.2 Å². The van der Waals surface area contributed by atoms with Gasteiger partial charge in [0.25, 0.3) is 0 Å². The fourth-order valence-corrected chi connectivity index (χ4v) is 6.35. The number of benzene rings is 2. The first kappa shape index (κ1) is 26.9. The molecular weight excluding hydrogens is 499 g/mol. The highest BCUT2D eigenvalue weighted by molar-refractivity contribution is 7.89. The van der Waals surface area contributed by atoms with E-state index in [-0.39, 0.29) is 35.6 Å². The highest BCUT2D eigenvalue weighted by Gasteiger charge is 2.34. The zero-order valence-corrected chi connectivity index (χ0v) is 21.7. The van der Waals surface area contributed by atoms with Crippen LogP contribution in [0.25, 0.3) is 0 Å². The first-order valence-corrected chi connectivity index (χ1v) is 13.3. The molecule has 0 atom stereocenters. The topological polar surface area (TPSA) is 87.2 Å². The van der Waals surface area contributed by atoms with Crippen molar-refractivity contribution in [3.63, 3.8) is 0 Å². The Morgan fingerprint density at radius 2 is 1.82 bits per heavy atom. The molecule has 3 rings (SSSR count). The average Bonchev–Trinajstić information content (AvgIpc) is 2.76. The summed E-state index contributed by atoms with van der Waals surface area (Å²) in [4.78, 5) is 14.2. The number of carbonyl (C=O) groups is 1. The van der Waals surface area contributed by atoms with Gasteiger partial charge in [-0.1, -0.05) is 53.5 Å². The van der Waals surface area contributed by atoms with Crippen molar-refractivity contribution in [1.82, 2.24) is 9.21 Å². The summed E-state index contributed by atoms with van der Waals surface area (Å²) in [5, 5.41) is 11.3. The van der Waals surface area contributed by atoms with Gasteiger partial charge in [-0.15, -0.1) is 0 Å². The van der Waals surface area contributed by atoms with Gasteiger partial charge < -0.3 is 14.7 Å². The van der Waals surface area contributed by atoms with Gasteiger partial charge >= 0.3 is 0 Å². The number of halogens is 2. The number of ether oxygens (including phenoxy) is 1. The van der Waals surface area contributed by atoms with Crippen LogP contribution in [0.1, 0.15) is 24.0 Å². The van der Waals surface area contributed by atoms with Crippen molar-refractivity contribution in [2.24, 2.45) is 0 Å². The number of hydrogen-bond donors (Lipinski definition) is 1. The number of likely N-dealkylation sites (tertiary alicyclic amines) is 1. The molecule has 7 nitrogen and oxygen atoms in total. The fraction of sp³-hybridized carbons (Fsp3) is 0.458. The van der Waals surface area contributed by atoms with Crippen molar-refractivity contribution >= 4 is 39.1 Å². The fourth-order valence-electron chi connectivity index (χ4n) is 4.06. The summed E-state index contributed by atoms with van der Waals surface area (Å²) in [5.74, 6) is -0.177. The van der Waals surface area contributed by atoms with E-state index < -0.39 is 15.6 Å². The Bertz CT molecular complexity index is 1080. The monoisotopic (exact) mass is 528 g/mol. The standard InChI is InChI=1S/C24H30Cl2N2O5S/c1-18-14-20(25)15-21(26)23(18)34(31,32)27(2)12-13-33-17-22(29)28-10-8-24(30,9-11-28)16-19-6-4-3-5-7-19/h3-7,14-15,30H,8-13,16-17H2,1-2H3. The molecule has 0 aromatic heterocycles. The van der Waals surface area contributed by atoms with Gasteiger partial charge in [0.15, 0.2) is 0 Å². The molecule has 1 saturated heterocycles. The summed E-state index contributed by atoms with van der Waals surface area (Å²) in [5.41, 5.74) is 0.706. The second-order valence-corrected chi connectivity index (χ2v) is 11.5. The van der Waals surface area contributed by atoms with E-state index in [0.717, 1.165) is 9.87 Å². The molecule has 0 aliphatic carbocycles. The molecule has 1 heterocycles. The Hall–Kier alpha value is -1.68. The summed E-state index contributed by atoms with van der Waals surface area (Å²) in [6, 6.07) is 12.8. The number of likely N-dealkylation sites (N-methyl/N-ethyl adjacent to an activating group) is 1. The molecule has 0 unspecified atom stereocenters. The number of carbonyl (C=O) groups excluding carboxylic acids is 1. The predicted molar refractivity (Wildman–Crippen MR) is 133 cm³/mol. The quantitative estimate of drug-likeness (QED) is 0.503. The first-order chi connectivity index (χ1) is 16.0. The third-order valence-corrected chi connectivity index (χ3v) is 8.75. The molecule has 34 heavy (non-hydrogen) atoms. The van der Waals surface area contributed by atoms with E-state index in [1.54, 1.807) is 17.9 Å². The van der Waals surface area contributed by atoms with Crippen LogP contribution in [0.2, 0.25) is 10.0 Å². The maximum absolute atomic E-state index is 12.9. The zero-order valence-electron chi connectivity index (χ0n) is 19.3. The van der Waals surface area contributed by atoms with E-state index in [2.05, 4.69) is 0 Å². The SMILES string of the molecule is Cc1cc(Cl)cc(Cl)c1S(=O)(=O)N(C)CCOCC(=O)N1CCC(O)(Cc2ccccc2)CC1. The average molecular weight is 529 g/mol. The lowest BCUT2D eigenvalue weighted by Gasteiger charge is -2.38.